The molecule has 1 unspecified atom stereocenters. The third kappa shape index (κ3) is 4.18. The number of carbonyl (C=O) groups is 2. The van der Waals surface area contributed by atoms with Crippen molar-refractivity contribution < 1.29 is 32.6 Å². The van der Waals surface area contributed by atoms with Gasteiger partial charge in [0.05, 0.1) is 13.0 Å². The van der Waals surface area contributed by atoms with Crippen molar-refractivity contribution in [2.75, 3.05) is 7.11 Å². The van der Waals surface area contributed by atoms with Crippen molar-refractivity contribution in [1.29, 1.82) is 0 Å². The lowest BCUT2D eigenvalue weighted by atomic mass is 10.0. The van der Waals surface area contributed by atoms with Crippen molar-refractivity contribution in [3.05, 3.63) is 29.8 Å². The number of aliphatic carboxylic acids is 1. The molecule has 1 aliphatic carbocycles. The molecule has 0 bridgehead atoms. The van der Waals surface area contributed by atoms with Crippen LogP contribution in [0.2, 0.25) is 0 Å². The molecule has 0 aromatic heterocycles. The summed E-state index contributed by atoms with van der Waals surface area (Å²) in [4.78, 5) is 23.0. The average molecular weight is 345 g/mol. The first-order valence-electron chi connectivity index (χ1n) is 7.46. The summed E-state index contributed by atoms with van der Waals surface area (Å²) in [5.41, 5.74) is -0.107. The van der Waals surface area contributed by atoms with E-state index in [0.29, 0.717) is 12.2 Å². The molecular formula is C16H18F3NO4. The van der Waals surface area contributed by atoms with Crippen LogP contribution in [-0.2, 0) is 9.59 Å². The van der Waals surface area contributed by atoms with Crippen LogP contribution in [0.4, 0.5) is 13.2 Å². The van der Waals surface area contributed by atoms with Gasteiger partial charge < -0.3 is 15.2 Å². The first kappa shape index (κ1) is 18.1. The predicted octanol–water partition coefficient (Wildman–Crippen LogP) is 2.92. The van der Waals surface area contributed by atoms with Gasteiger partial charge in [-0.1, -0.05) is 12.1 Å². The molecule has 5 nitrogen and oxygen atoms in total. The van der Waals surface area contributed by atoms with Gasteiger partial charge in [0.25, 0.3) is 0 Å². The van der Waals surface area contributed by atoms with E-state index in [4.69, 9.17) is 9.84 Å². The molecule has 0 aliphatic heterocycles. The number of alkyl halides is 3. The number of carboxylic acid groups (broad SMARTS) is 1. The lowest BCUT2D eigenvalue weighted by molar-refractivity contribution is -0.164. The number of methoxy groups -OCH3 is 1. The molecular weight excluding hydrogens is 327 g/mol. The van der Waals surface area contributed by atoms with Crippen molar-refractivity contribution in [1.82, 2.24) is 5.32 Å². The van der Waals surface area contributed by atoms with E-state index in [1.807, 2.05) is 5.32 Å². The van der Waals surface area contributed by atoms with Crippen LogP contribution in [0.25, 0.3) is 0 Å². The number of nitrogens with one attached hydrogen (secondary N) is 1. The Balaban J connectivity index is 2.11. The minimum atomic E-state index is -4.66. The third-order valence-corrected chi connectivity index (χ3v) is 4.22. The van der Waals surface area contributed by atoms with Gasteiger partial charge in [-0.3, -0.25) is 9.59 Å². The highest BCUT2D eigenvalue weighted by Gasteiger charge is 2.43. The normalized spacial score (nSPS) is 22.0. The molecule has 132 valence electrons. The largest absolute Gasteiger partial charge is 0.497 e. The maximum Gasteiger partial charge on any atom is 0.412 e. The summed E-state index contributed by atoms with van der Waals surface area (Å²) in [6, 6.07) is 3.12. The highest BCUT2D eigenvalue weighted by atomic mass is 19.4. The van der Waals surface area contributed by atoms with Gasteiger partial charge in [0, 0.05) is 5.92 Å². The summed E-state index contributed by atoms with van der Waals surface area (Å²) in [5, 5.41) is 10.9. The Morgan fingerprint density at radius 2 is 1.79 bits per heavy atom. The number of carboxylic acids is 1. The quantitative estimate of drug-likeness (QED) is 0.860. The van der Waals surface area contributed by atoms with Crippen LogP contribution in [0, 0.1) is 11.8 Å². The van der Waals surface area contributed by atoms with Crippen molar-refractivity contribution in [3.63, 3.8) is 0 Å². The van der Waals surface area contributed by atoms with Crippen molar-refractivity contribution in [3.8, 4) is 5.75 Å². The van der Waals surface area contributed by atoms with E-state index in [9.17, 15) is 22.8 Å². The molecule has 1 aromatic rings. The highest BCUT2D eigenvalue weighted by molar-refractivity contribution is 5.81. The first-order valence-corrected chi connectivity index (χ1v) is 7.46. The standard InChI is InChI=1S/C16H18F3NO4/c1-24-12-6-4-9(5-7-12)13(16(17,18)19)20-14(21)10-2-3-11(8-10)15(22)23/h4-7,10-11,13H,2-3,8H2,1H3,(H,20,21)(H,22,23)/t10-,11+,13?/m1/s1. The van der Waals surface area contributed by atoms with Gasteiger partial charge in [-0.2, -0.15) is 13.2 Å². The zero-order valence-electron chi connectivity index (χ0n) is 13.0. The van der Waals surface area contributed by atoms with Crippen LogP contribution in [0.5, 0.6) is 5.75 Å². The number of rotatable bonds is 5. The Kier molecular flexibility index (Phi) is 5.36. The Morgan fingerprint density at radius 3 is 2.25 bits per heavy atom. The van der Waals surface area contributed by atoms with Crippen molar-refractivity contribution in [2.45, 2.75) is 31.5 Å². The van der Waals surface area contributed by atoms with E-state index >= 15 is 0 Å². The number of halogens is 3. The molecule has 1 aromatic carbocycles. The zero-order chi connectivity index (χ0) is 17.9. The molecule has 2 N–H and O–H groups in total. The molecule has 1 fully saturated rings. The van der Waals surface area contributed by atoms with Gasteiger partial charge in [-0.25, -0.2) is 0 Å². The number of hydrogen-bond acceptors (Lipinski definition) is 3. The van der Waals surface area contributed by atoms with E-state index in [-0.39, 0.29) is 18.4 Å². The first-order chi connectivity index (χ1) is 11.2. The second-order valence-electron chi connectivity index (χ2n) is 5.80. The molecule has 0 spiro atoms. The molecule has 1 saturated carbocycles. The maximum atomic E-state index is 13.3. The third-order valence-electron chi connectivity index (χ3n) is 4.22. The van der Waals surface area contributed by atoms with Crippen molar-refractivity contribution in [2.24, 2.45) is 11.8 Å². The molecule has 0 radical (unpaired) electrons. The lowest BCUT2D eigenvalue weighted by Crippen LogP contribution is -2.40. The Bertz CT molecular complexity index is 600. The minimum absolute atomic E-state index is 0.0638. The smallest absolute Gasteiger partial charge is 0.412 e. The summed E-state index contributed by atoms with van der Waals surface area (Å²) >= 11 is 0. The number of ether oxygens (including phenoxy) is 1. The molecule has 1 aliphatic rings. The molecule has 3 atom stereocenters. The molecule has 0 heterocycles. The summed E-state index contributed by atoms with van der Waals surface area (Å²) < 4.78 is 44.8. The van der Waals surface area contributed by atoms with E-state index in [0.717, 1.165) is 0 Å². The molecule has 24 heavy (non-hydrogen) atoms. The van der Waals surface area contributed by atoms with Gasteiger partial charge in [-0.05, 0) is 37.0 Å². The highest BCUT2D eigenvalue weighted by Crippen LogP contribution is 2.36. The topological polar surface area (TPSA) is 75.6 Å². The monoisotopic (exact) mass is 345 g/mol. The molecule has 1 amide bonds. The Hall–Kier alpha value is -2.25. The fourth-order valence-corrected chi connectivity index (χ4v) is 2.85. The Morgan fingerprint density at radius 1 is 1.21 bits per heavy atom. The van der Waals surface area contributed by atoms with Crippen LogP contribution >= 0.6 is 0 Å². The summed E-state index contributed by atoms with van der Waals surface area (Å²) in [5.74, 6) is -2.77. The maximum absolute atomic E-state index is 13.3. The van der Waals surface area contributed by atoms with Gasteiger partial charge in [0.15, 0.2) is 6.04 Å². The summed E-state index contributed by atoms with van der Waals surface area (Å²) in [6.45, 7) is 0. The van der Waals surface area contributed by atoms with Gasteiger partial charge in [-0.15, -0.1) is 0 Å². The SMILES string of the molecule is COc1ccc(C(NC(=O)[C@@H]2CC[C@H](C(=O)O)C2)C(F)(F)F)cc1. The number of amides is 1. The van der Waals surface area contributed by atoms with E-state index in [1.165, 1.54) is 31.4 Å². The van der Waals surface area contributed by atoms with Crippen LogP contribution in [0.3, 0.4) is 0 Å². The summed E-state index contributed by atoms with van der Waals surface area (Å²) in [7, 11) is 1.40. The van der Waals surface area contributed by atoms with Crippen molar-refractivity contribution >= 4 is 11.9 Å². The molecule has 2 rings (SSSR count). The Labute approximate surface area is 136 Å². The minimum Gasteiger partial charge on any atom is -0.497 e. The zero-order valence-corrected chi connectivity index (χ0v) is 13.0. The predicted molar refractivity (Wildman–Crippen MR) is 78.4 cm³/mol. The van der Waals surface area contributed by atoms with E-state index in [2.05, 4.69) is 0 Å². The van der Waals surface area contributed by atoms with Gasteiger partial charge in [0.2, 0.25) is 5.91 Å². The van der Waals surface area contributed by atoms with Crippen LogP contribution in [0.15, 0.2) is 24.3 Å². The second-order valence-corrected chi connectivity index (χ2v) is 5.80. The fraction of sp³-hybridized carbons (Fsp3) is 0.500. The fourth-order valence-electron chi connectivity index (χ4n) is 2.85. The van der Waals surface area contributed by atoms with Crippen LogP contribution < -0.4 is 10.1 Å². The van der Waals surface area contributed by atoms with E-state index < -0.39 is 35.9 Å². The number of hydrogen-bond donors (Lipinski definition) is 2. The van der Waals surface area contributed by atoms with Crippen LogP contribution in [-0.4, -0.2) is 30.3 Å². The van der Waals surface area contributed by atoms with Crippen LogP contribution in [0.1, 0.15) is 30.9 Å². The number of carbonyl (C=O) groups excluding carboxylic acids is 1. The lowest BCUT2D eigenvalue weighted by Gasteiger charge is -2.24. The number of benzene rings is 1. The molecule has 0 saturated heterocycles. The average Bonchev–Trinajstić information content (AvgIpc) is 3.02. The second kappa shape index (κ2) is 7.11. The van der Waals surface area contributed by atoms with E-state index in [1.54, 1.807) is 0 Å². The summed E-state index contributed by atoms with van der Waals surface area (Å²) in [6.07, 6.45) is -4.02. The van der Waals surface area contributed by atoms with Gasteiger partial charge in [0.1, 0.15) is 5.75 Å². The van der Waals surface area contributed by atoms with Gasteiger partial charge >= 0.3 is 12.1 Å². The molecule has 8 heteroatoms.